The van der Waals surface area contributed by atoms with Gasteiger partial charge in [0, 0.05) is 12.1 Å². The Balaban J connectivity index is 2.17. The fourth-order valence-electron chi connectivity index (χ4n) is 2.28. The van der Waals surface area contributed by atoms with E-state index in [-0.39, 0.29) is 16.4 Å². The van der Waals surface area contributed by atoms with Gasteiger partial charge in [-0.05, 0) is 46.9 Å². The molecule has 0 aromatic heterocycles. The summed E-state index contributed by atoms with van der Waals surface area (Å²) in [6.07, 6.45) is 0.687. The lowest BCUT2D eigenvalue weighted by Gasteiger charge is -2.01. The molecular formula is C13H9NO3. The van der Waals surface area contributed by atoms with Crippen LogP contribution in [0.1, 0.15) is 11.1 Å². The maximum absolute atomic E-state index is 10.7. The zero-order chi connectivity index (χ0) is 12.0. The van der Waals surface area contributed by atoms with Gasteiger partial charge in [0.05, 0.1) is 4.92 Å². The molecular weight excluding hydrogens is 218 g/mol. The Morgan fingerprint density at radius 1 is 1.06 bits per heavy atom. The van der Waals surface area contributed by atoms with Crippen LogP contribution in [-0.4, -0.2) is 10.0 Å². The molecule has 4 heteroatoms. The van der Waals surface area contributed by atoms with Gasteiger partial charge < -0.3 is 5.11 Å². The second-order valence-electron chi connectivity index (χ2n) is 4.12. The number of nitrogens with zero attached hydrogens (tertiary/aromatic N) is 1. The van der Waals surface area contributed by atoms with Crippen LogP contribution in [0, 0.1) is 10.1 Å². The summed E-state index contributed by atoms with van der Waals surface area (Å²) in [7, 11) is 0. The number of nitro benzene ring substituents is 1. The quantitative estimate of drug-likeness (QED) is 0.513. The summed E-state index contributed by atoms with van der Waals surface area (Å²) in [5.74, 6) is 0.218. The first kappa shape index (κ1) is 9.84. The summed E-state index contributed by atoms with van der Waals surface area (Å²) in [4.78, 5) is 10.3. The fourth-order valence-corrected chi connectivity index (χ4v) is 2.28. The van der Waals surface area contributed by atoms with Crippen molar-refractivity contribution >= 4 is 5.69 Å². The van der Waals surface area contributed by atoms with Gasteiger partial charge in [-0.1, -0.05) is 6.07 Å². The Kier molecular flexibility index (Phi) is 1.92. The minimum absolute atomic E-state index is 0.112. The number of benzene rings is 2. The van der Waals surface area contributed by atoms with Crippen LogP contribution in [0.2, 0.25) is 0 Å². The third-order valence-electron chi connectivity index (χ3n) is 3.06. The molecule has 17 heavy (non-hydrogen) atoms. The van der Waals surface area contributed by atoms with Crippen molar-refractivity contribution in [2.45, 2.75) is 6.42 Å². The van der Waals surface area contributed by atoms with Crippen LogP contribution in [-0.2, 0) is 6.42 Å². The highest BCUT2D eigenvalue weighted by molar-refractivity contribution is 5.78. The highest BCUT2D eigenvalue weighted by atomic mass is 16.6. The number of rotatable bonds is 1. The molecule has 0 saturated heterocycles. The predicted molar refractivity (Wildman–Crippen MR) is 63.0 cm³/mol. The monoisotopic (exact) mass is 227 g/mol. The number of aromatic hydroxyl groups is 1. The molecule has 0 unspecified atom stereocenters. The summed E-state index contributed by atoms with van der Waals surface area (Å²) in [5, 5.41) is 20.1. The van der Waals surface area contributed by atoms with Crippen LogP contribution in [0.15, 0.2) is 36.4 Å². The number of fused-ring (bicyclic) bond motifs is 3. The number of phenolic OH excluding ortho intramolecular Hbond substituents is 1. The Morgan fingerprint density at radius 3 is 2.65 bits per heavy atom. The van der Waals surface area contributed by atoms with Gasteiger partial charge in [0.25, 0.3) is 5.69 Å². The third kappa shape index (κ3) is 1.45. The summed E-state index contributed by atoms with van der Waals surface area (Å²) < 4.78 is 0. The molecule has 84 valence electrons. The molecule has 0 aliphatic heterocycles. The number of nitro groups is 1. The minimum atomic E-state index is -0.388. The smallest absolute Gasteiger partial charge is 0.269 e. The first-order chi connectivity index (χ1) is 8.15. The molecule has 1 aliphatic rings. The van der Waals surface area contributed by atoms with E-state index in [4.69, 9.17) is 0 Å². The number of phenols is 1. The van der Waals surface area contributed by atoms with Gasteiger partial charge in [0.2, 0.25) is 0 Å². The summed E-state index contributed by atoms with van der Waals surface area (Å²) in [6, 6.07) is 10.0. The molecule has 0 saturated carbocycles. The molecule has 3 rings (SSSR count). The van der Waals surface area contributed by atoms with Crippen molar-refractivity contribution in [3.8, 4) is 16.9 Å². The standard InChI is InChI=1S/C13H9NO3/c15-11-3-1-8-5-9-6-10(14(16)17)2-4-12(9)13(8)7-11/h1-4,6-7,15H,5H2. The van der Waals surface area contributed by atoms with Crippen molar-refractivity contribution < 1.29 is 10.0 Å². The molecule has 0 fully saturated rings. The Labute approximate surface area is 97.3 Å². The molecule has 0 radical (unpaired) electrons. The average Bonchev–Trinajstić information content (AvgIpc) is 2.66. The largest absolute Gasteiger partial charge is 0.508 e. The lowest BCUT2D eigenvalue weighted by molar-refractivity contribution is -0.384. The lowest BCUT2D eigenvalue weighted by Crippen LogP contribution is -1.89. The van der Waals surface area contributed by atoms with Crippen LogP contribution in [0.3, 0.4) is 0 Å². The SMILES string of the molecule is O=[N+]([O-])c1ccc2c(c1)Cc1ccc(O)cc1-2. The van der Waals surface area contributed by atoms with E-state index in [1.807, 2.05) is 6.07 Å². The second-order valence-corrected chi connectivity index (χ2v) is 4.12. The molecule has 0 spiro atoms. The molecule has 4 nitrogen and oxygen atoms in total. The van der Waals surface area contributed by atoms with Crippen molar-refractivity contribution in [1.82, 2.24) is 0 Å². The zero-order valence-electron chi connectivity index (χ0n) is 8.88. The van der Waals surface area contributed by atoms with Crippen molar-refractivity contribution in [3.05, 3.63) is 57.6 Å². The van der Waals surface area contributed by atoms with Gasteiger partial charge in [-0.25, -0.2) is 0 Å². The van der Waals surface area contributed by atoms with Crippen molar-refractivity contribution in [3.63, 3.8) is 0 Å². The molecule has 0 heterocycles. The van der Waals surface area contributed by atoms with E-state index in [0.717, 1.165) is 22.3 Å². The fraction of sp³-hybridized carbons (Fsp3) is 0.0769. The Bertz CT molecular complexity index is 635. The maximum atomic E-state index is 10.7. The molecule has 1 N–H and O–H groups in total. The van der Waals surface area contributed by atoms with E-state index >= 15 is 0 Å². The predicted octanol–water partition coefficient (Wildman–Crippen LogP) is 2.87. The second kappa shape index (κ2) is 3.31. The van der Waals surface area contributed by atoms with Crippen LogP contribution in [0.5, 0.6) is 5.75 Å². The normalized spacial score (nSPS) is 12.0. The van der Waals surface area contributed by atoms with Gasteiger partial charge in [-0.2, -0.15) is 0 Å². The Morgan fingerprint density at radius 2 is 1.88 bits per heavy atom. The van der Waals surface area contributed by atoms with E-state index in [9.17, 15) is 15.2 Å². The van der Waals surface area contributed by atoms with Gasteiger partial charge in [0.15, 0.2) is 0 Å². The summed E-state index contributed by atoms with van der Waals surface area (Å²) in [5.41, 5.74) is 4.09. The topological polar surface area (TPSA) is 63.4 Å². The molecule has 0 amide bonds. The highest BCUT2D eigenvalue weighted by Crippen LogP contribution is 2.39. The van der Waals surface area contributed by atoms with Crippen LogP contribution in [0.4, 0.5) is 5.69 Å². The molecule has 1 aliphatic carbocycles. The molecule has 2 aromatic carbocycles. The Hall–Kier alpha value is -2.36. The number of hydrogen-bond donors (Lipinski definition) is 1. The van der Waals surface area contributed by atoms with Crippen LogP contribution < -0.4 is 0 Å². The summed E-state index contributed by atoms with van der Waals surface area (Å²) >= 11 is 0. The van der Waals surface area contributed by atoms with Crippen LogP contribution >= 0.6 is 0 Å². The van der Waals surface area contributed by atoms with Gasteiger partial charge >= 0.3 is 0 Å². The van der Waals surface area contributed by atoms with Crippen molar-refractivity contribution in [1.29, 1.82) is 0 Å². The number of non-ortho nitro benzene ring substituents is 1. The van der Waals surface area contributed by atoms with E-state index in [1.54, 1.807) is 24.3 Å². The van der Waals surface area contributed by atoms with Crippen molar-refractivity contribution in [2.24, 2.45) is 0 Å². The average molecular weight is 227 g/mol. The summed E-state index contributed by atoms with van der Waals surface area (Å²) in [6.45, 7) is 0. The van der Waals surface area contributed by atoms with Gasteiger partial charge in [-0.15, -0.1) is 0 Å². The third-order valence-corrected chi connectivity index (χ3v) is 3.06. The lowest BCUT2D eigenvalue weighted by atomic mass is 10.1. The molecule has 2 aromatic rings. The van der Waals surface area contributed by atoms with E-state index in [0.29, 0.717) is 6.42 Å². The van der Waals surface area contributed by atoms with Crippen molar-refractivity contribution in [2.75, 3.05) is 0 Å². The van der Waals surface area contributed by atoms with Gasteiger partial charge in [0.1, 0.15) is 5.75 Å². The molecule has 0 bridgehead atoms. The minimum Gasteiger partial charge on any atom is -0.508 e. The maximum Gasteiger partial charge on any atom is 0.269 e. The molecule has 0 atom stereocenters. The zero-order valence-corrected chi connectivity index (χ0v) is 8.88. The van der Waals surface area contributed by atoms with E-state index in [2.05, 4.69) is 0 Å². The number of hydrogen-bond acceptors (Lipinski definition) is 3. The van der Waals surface area contributed by atoms with E-state index in [1.165, 1.54) is 6.07 Å². The van der Waals surface area contributed by atoms with Crippen LogP contribution in [0.25, 0.3) is 11.1 Å². The van der Waals surface area contributed by atoms with E-state index < -0.39 is 0 Å². The first-order valence-corrected chi connectivity index (χ1v) is 5.25. The highest BCUT2D eigenvalue weighted by Gasteiger charge is 2.21. The van der Waals surface area contributed by atoms with Gasteiger partial charge in [-0.3, -0.25) is 10.1 Å². The first-order valence-electron chi connectivity index (χ1n) is 5.25.